The smallest absolute Gasteiger partial charge is 0.410 e. The number of rotatable bonds is 7. The number of likely N-dealkylation sites (tertiary alicyclic amines) is 2. The molecular weight excluding hydrogens is 514 g/mol. The third kappa shape index (κ3) is 9.00. The summed E-state index contributed by atoms with van der Waals surface area (Å²) in [5.41, 5.74) is -1.68. The van der Waals surface area contributed by atoms with E-state index in [1.807, 2.05) is 20.8 Å². The molecule has 0 unspecified atom stereocenters. The van der Waals surface area contributed by atoms with E-state index < -0.39 is 23.3 Å². The Morgan fingerprint density at radius 3 is 2.10 bits per heavy atom. The number of hydrogen-bond donors (Lipinski definition) is 2. The van der Waals surface area contributed by atoms with Crippen molar-refractivity contribution in [3.8, 4) is 6.07 Å². The highest BCUT2D eigenvalue weighted by atomic mass is 16.6. The number of carbonyl (C=O) groups excluding carboxylic acids is 4. The minimum Gasteiger partial charge on any atom is -0.450 e. The van der Waals surface area contributed by atoms with E-state index in [2.05, 4.69) is 16.7 Å². The average Bonchev–Trinajstić information content (AvgIpc) is 2.93. The topological polar surface area (TPSA) is 141 Å². The highest BCUT2D eigenvalue weighted by molar-refractivity contribution is 5.89. The number of carbonyl (C=O) groups is 4. The van der Waals surface area contributed by atoms with Crippen LogP contribution in [0.3, 0.4) is 0 Å². The fourth-order valence-electron chi connectivity index (χ4n) is 5.80. The van der Waals surface area contributed by atoms with Crippen LogP contribution in [0.4, 0.5) is 9.59 Å². The number of piperidine rings is 2. The minimum atomic E-state index is -1.10. The van der Waals surface area contributed by atoms with E-state index in [1.54, 1.807) is 16.7 Å². The van der Waals surface area contributed by atoms with Crippen LogP contribution in [-0.2, 0) is 19.1 Å². The molecule has 3 aliphatic rings. The predicted octanol–water partition coefficient (Wildman–Crippen LogP) is 3.72. The Labute approximate surface area is 238 Å². The molecule has 2 saturated heterocycles. The van der Waals surface area contributed by atoms with E-state index in [-0.39, 0.29) is 30.4 Å². The Bertz CT molecular complexity index is 936. The zero-order valence-corrected chi connectivity index (χ0v) is 24.6. The van der Waals surface area contributed by atoms with Gasteiger partial charge >= 0.3 is 12.2 Å². The summed E-state index contributed by atoms with van der Waals surface area (Å²) < 4.78 is 10.5. The van der Waals surface area contributed by atoms with Crippen LogP contribution in [0.15, 0.2) is 0 Å². The number of amides is 4. The van der Waals surface area contributed by atoms with Gasteiger partial charge in [0.05, 0.1) is 12.7 Å². The molecule has 3 fully saturated rings. The molecule has 0 spiro atoms. The zero-order chi connectivity index (χ0) is 29.3. The molecule has 1 atom stereocenters. The van der Waals surface area contributed by atoms with Crippen molar-refractivity contribution in [2.24, 2.45) is 11.8 Å². The van der Waals surface area contributed by atoms with Crippen LogP contribution in [0, 0.1) is 23.2 Å². The van der Waals surface area contributed by atoms with Crippen molar-refractivity contribution in [2.45, 2.75) is 109 Å². The molecule has 224 valence electrons. The quantitative estimate of drug-likeness (QED) is 0.483. The molecule has 0 bridgehead atoms. The lowest BCUT2D eigenvalue weighted by Gasteiger charge is -2.38. The van der Waals surface area contributed by atoms with E-state index >= 15 is 0 Å². The first-order valence-electron chi connectivity index (χ1n) is 14.9. The Morgan fingerprint density at radius 1 is 0.950 bits per heavy atom. The summed E-state index contributed by atoms with van der Waals surface area (Å²) >= 11 is 0. The second kappa shape index (κ2) is 14.0. The summed E-state index contributed by atoms with van der Waals surface area (Å²) in [4.78, 5) is 54.6. The molecule has 2 aliphatic heterocycles. The van der Waals surface area contributed by atoms with Gasteiger partial charge in [-0.3, -0.25) is 9.59 Å². The Hall–Kier alpha value is -3.03. The molecule has 4 amide bonds. The normalized spacial score (nSPS) is 21.1. The van der Waals surface area contributed by atoms with Crippen LogP contribution in [0.5, 0.6) is 0 Å². The third-order valence-electron chi connectivity index (χ3n) is 8.16. The summed E-state index contributed by atoms with van der Waals surface area (Å²) in [5, 5.41) is 16.0. The lowest BCUT2D eigenvalue weighted by Crippen LogP contribution is -2.60. The molecule has 2 N–H and O–H groups in total. The van der Waals surface area contributed by atoms with Gasteiger partial charge in [-0.05, 0) is 52.9 Å². The standard InChI is InChI=1S/C29H47N5O6/c1-5-39-26(37)34-17-13-29(20-30,14-18-34)32-25(36)23(19-21-9-7-6-8-10-21)31-24(35)22-11-15-33(16-12-22)27(38)40-28(2,3)4/h21-23H,5-19H2,1-4H3,(H,31,35)(H,32,36)/t23-/m0/s1. The number of hydrogen-bond acceptors (Lipinski definition) is 7. The average molecular weight is 562 g/mol. The van der Waals surface area contributed by atoms with Crippen molar-refractivity contribution in [1.82, 2.24) is 20.4 Å². The fraction of sp³-hybridized carbons (Fsp3) is 0.828. The molecule has 11 nitrogen and oxygen atoms in total. The van der Waals surface area contributed by atoms with Crippen molar-refractivity contribution in [3.05, 3.63) is 0 Å². The Balaban J connectivity index is 1.61. The molecule has 0 radical (unpaired) electrons. The highest BCUT2D eigenvalue weighted by Gasteiger charge is 2.40. The van der Waals surface area contributed by atoms with Crippen LogP contribution < -0.4 is 10.6 Å². The van der Waals surface area contributed by atoms with Crippen LogP contribution in [0.2, 0.25) is 0 Å². The van der Waals surface area contributed by atoms with Crippen LogP contribution in [0.25, 0.3) is 0 Å². The van der Waals surface area contributed by atoms with Gasteiger partial charge in [0, 0.05) is 44.9 Å². The van der Waals surface area contributed by atoms with Gasteiger partial charge in [-0.2, -0.15) is 5.26 Å². The van der Waals surface area contributed by atoms with E-state index in [0.29, 0.717) is 64.2 Å². The van der Waals surface area contributed by atoms with Crippen LogP contribution in [-0.4, -0.2) is 83.8 Å². The maximum atomic E-state index is 13.6. The van der Waals surface area contributed by atoms with E-state index in [9.17, 15) is 24.4 Å². The van der Waals surface area contributed by atoms with Gasteiger partial charge in [-0.15, -0.1) is 0 Å². The van der Waals surface area contributed by atoms with Crippen molar-refractivity contribution in [2.75, 3.05) is 32.8 Å². The summed E-state index contributed by atoms with van der Waals surface area (Å²) in [6.07, 6.45) is 6.76. The van der Waals surface area contributed by atoms with Gasteiger partial charge in [0.15, 0.2) is 0 Å². The Kier molecular flexibility index (Phi) is 11.1. The third-order valence-corrected chi connectivity index (χ3v) is 8.16. The van der Waals surface area contributed by atoms with E-state index in [4.69, 9.17) is 9.47 Å². The summed E-state index contributed by atoms with van der Waals surface area (Å²) in [6.45, 7) is 8.94. The lowest BCUT2D eigenvalue weighted by atomic mass is 9.83. The maximum Gasteiger partial charge on any atom is 0.410 e. The first-order chi connectivity index (χ1) is 18.9. The predicted molar refractivity (Wildman–Crippen MR) is 148 cm³/mol. The first-order valence-corrected chi connectivity index (χ1v) is 14.9. The maximum absolute atomic E-state index is 13.6. The molecule has 0 aromatic heterocycles. The fourth-order valence-corrected chi connectivity index (χ4v) is 5.80. The van der Waals surface area contributed by atoms with Crippen molar-refractivity contribution in [3.63, 3.8) is 0 Å². The molecule has 1 aliphatic carbocycles. The monoisotopic (exact) mass is 561 g/mol. The highest BCUT2D eigenvalue weighted by Crippen LogP contribution is 2.29. The number of nitrogens with zero attached hydrogens (tertiary/aromatic N) is 3. The Morgan fingerprint density at radius 2 is 1.55 bits per heavy atom. The molecule has 0 aromatic rings. The summed E-state index contributed by atoms with van der Waals surface area (Å²) in [5.74, 6) is -0.514. The van der Waals surface area contributed by atoms with Gasteiger partial charge in [-0.25, -0.2) is 9.59 Å². The largest absolute Gasteiger partial charge is 0.450 e. The van der Waals surface area contributed by atoms with Gasteiger partial charge in [0.2, 0.25) is 11.8 Å². The summed E-state index contributed by atoms with van der Waals surface area (Å²) in [7, 11) is 0. The van der Waals surface area contributed by atoms with E-state index in [0.717, 1.165) is 25.7 Å². The number of nitrogens with one attached hydrogen (secondary N) is 2. The van der Waals surface area contributed by atoms with Crippen molar-refractivity contribution < 1.29 is 28.7 Å². The van der Waals surface area contributed by atoms with E-state index in [1.165, 1.54) is 6.42 Å². The van der Waals surface area contributed by atoms with Gasteiger partial charge < -0.3 is 29.9 Å². The molecule has 2 heterocycles. The van der Waals surface area contributed by atoms with Gasteiger partial charge in [-0.1, -0.05) is 32.1 Å². The molecule has 40 heavy (non-hydrogen) atoms. The minimum absolute atomic E-state index is 0.192. The van der Waals surface area contributed by atoms with Gasteiger partial charge in [0.25, 0.3) is 0 Å². The SMILES string of the molecule is CCOC(=O)N1CCC(C#N)(NC(=O)[C@H](CC2CCCCC2)NC(=O)C2CCN(C(=O)OC(C)(C)C)CC2)CC1. The number of ether oxygens (including phenoxy) is 2. The number of nitriles is 1. The van der Waals surface area contributed by atoms with Crippen molar-refractivity contribution in [1.29, 1.82) is 5.26 Å². The lowest BCUT2D eigenvalue weighted by molar-refractivity contribution is -0.133. The van der Waals surface area contributed by atoms with Crippen molar-refractivity contribution >= 4 is 24.0 Å². The van der Waals surface area contributed by atoms with Gasteiger partial charge in [0.1, 0.15) is 17.2 Å². The molecule has 1 saturated carbocycles. The molecule has 3 rings (SSSR count). The second-order valence-electron chi connectivity index (χ2n) is 12.4. The molecule has 11 heteroatoms. The zero-order valence-electron chi connectivity index (χ0n) is 24.6. The van der Waals surface area contributed by atoms with Crippen LogP contribution in [0.1, 0.15) is 91.9 Å². The molecule has 0 aromatic carbocycles. The second-order valence-corrected chi connectivity index (χ2v) is 12.4. The first kappa shape index (κ1) is 31.5. The van der Waals surface area contributed by atoms with Crippen LogP contribution >= 0.6 is 0 Å². The summed E-state index contributed by atoms with van der Waals surface area (Å²) in [6, 6.07) is 1.53. The molecular formula is C29H47N5O6.